The lowest BCUT2D eigenvalue weighted by molar-refractivity contribution is -0.119. The standard InChI is InChI=1S/C26H26N4O5S/c1-4-35-20-13-15-21(16-14-20)36(33,34)30(19-11-9-18(2)10-12-19)17-24(31)27-28-25-22-7-5-6-8-23(22)29(3)26(25)32/h5-16H,4,17H2,1-3H3,(H,27,31). The Kier molecular flexibility index (Phi) is 7.07. The maximum absolute atomic E-state index is 13.6. The second-order valence-electron chi connectivity index (χ2n) is 8.13. The molecule has 1 aliphatic rings. The Morgan fingerprint density at radius 2 is 1.69 bits per heavy atom. The van der Waals surface area contributed by atoms with Crippen molar-refractivity contribution in [2.24, 2.45) is 5.10 Å². The lowest BCUT2D eigenvalue weighted by atomic mass is 10.1. The molecule has 1 aliphatic heterocycles. The van der Waals surface area contributed by atoms with E-state index in [1.54, 1.807) is 67.7 Å². The molecule has 0 aliphatic carbocycles. The molecule has 9 nitrogen and oxygen atoms in total. The minimum Gasteiger partial charge on any atom is -0.494 e. The fourth-order valence-electron chi connectivity index (χ4n) is 3.77. The third-order valence-corrected chi connectivity index (χ3v) is 7.44. The van der Waals surface area contributed by atoms with Crippen molar-refractivity contribution in [3.05, 3.63) is 83.9 Å². The van der Waals surface area contributed by atoms with Crippen LogP contribution in [0.1, 0.15) is 18.1 Å². The van der Waals surface area contributed by atoms with Crippen LogP contribution in [0.4, 0.5) is 11.4 Å². The highest BCUT2D eigenvalue weighted by Gasteiger charge is 2.32. The summed E-state index contributed by atoms with van der Waals surface area (Å²) in [7, 11) is -2.49. The molecule has 1 heterocycles. The SMILES string of the molecule is CCOc1ccc(S(=O)(=O)N(CC(=O)NN=C2C(=O)N(C)c3ccccc32)c2ccc(C)cc2)cc1. The number of benzene rings is 3. The molecule has 0 aromatic heterocycles. The van der Waals surface area contributed by atoms with E-state index in [4.69, 9.17) is 4.74 Å². The van der Waals surface area contributed by atoms with Crippen molar-refractivity contribution in [3.8, 4) is 5.75 Å². The van der Waals surface area contributed by atoms with Gasteiger partial charge in [0.1, 0.15) is 12.3 Å². The maximum atomic E-state index is 13.6. The highest BCUT2D eigenvalue weighted by atomic mass is 32.2. The third-order valence-electron chi connectivity index (χ3n) is 5.65. The highest BCUT2D eigenvalue weighted by molar-refractivity contribution is 7.92. The van der Waals surface area contributed by atoms with E-state index in [9.17, 15) is 18.0 Å². The van der Waals surface area contributed by atoms with Gasteiger partial charge < -0.3 is 9.64 Å². The summed E-state index contributed by atoms with van der Waals surface area (Å²) >= 11 is 0. The fraction of sp³-hybridized carbons (Fsp3) is 0.192. The molecular weight excluding hydrogens is 480 g/mol. The number of carbonyl (C=O) groups is 2. The van der Waals surface area contributed by atoms with Gasteiger partial charge in [-0.25, -0.2) is 13.8 Å². The van der Waals surface area contributed by atoms with Crippen molar-refractivity contribution in [2.75, 3.05) is 29.4 Å². The average Bonchev–Trinajstić information content (AvgIpc) is 3.12. The van der Waals surface area contributed by atoms with Crippen LogP contribution in [0.3, 0.4) is 0 Å². The quantitative estimate of drug-likeness (QED) is 0.473. The molecule has 10 heteroatoms. The zero-order valence-electron chi connectivity index (χ0n) is 20.1. The van der Waals surface area contributed by atoms with E-state index in [0.717, 1.165) is 9.87 Å². The van der Waals surface area contributed by atoms with Gasteiger partial charge in [0.05, 0.1) is 22.9 Å². The molecule has 0 saturated heterocycles. The van der Waals surface area contributed by atoms with Crippen molar-refractivity contribution in [2.45, 2.75) is 18.7 Å². The molecule has 0 spiro atoms. The van der Waals surface area contributed by atoms with Crippen LogP contribution >= 0.6 is 0 Å². The number of aryl methyl sites for hydroxylation is 1. The lowest BCUT2D eigenvalue weighted by Crippen LogP contribution is -2.40. The molecule has 0 bridgehead atoms. The predicted molar refractivity (Wildman–Crippen MR) is 138 cm³/mol. The number of amides is 2. The number of fused-ring (bicyclic) bond motifs is 1. The Hall–Kier alpha value is -4.18. The Labute approximate surface area is 210 Å². The van der Waals surface area contributed by atoms with Crippen molar-refractivity contribution in [3.63, 3.8) is 0 Å². The number of likely N-dealkylation sites (N-methyl/N-ethyl adjacent to an activating group) is 1. The summed E-state index contributed by atoms with van der Waals surface area (Å²) < 4.78 is 33.5. The highest BCUT2D eigenvalue weighted by Crippen LogP contribution is 2.28. The van der Waals surface area contributed by atoms with E-state index in [1.807, 2.05) is 13.8 Å². The summed E-state index contributed by atoms with van der Waals surface area (Å²) in [6.45, 7) is 3.63. The van der Waals surface area contributed by atoms with E-state index < -0.39 is 22.5 Å². The fourth-order valence-corrected chi connectivity index (χ4v) is 5.19. The number of para-hydroxylation sites is 1. The van der Waals surface area contributed by atoms with Gasteiger partial charge in [-0.1, -0.05) is 35.9 Å². The normalized spacial score (nSPS) is 14.0. The monoisotopic (exact) mass is 506 g/mol. The van der Waals surface area contributed by atoms with Crippen LogP contribution in [-0.2, 0) is 19.6 Å². The van der Waals surface area contributed by atoms with Crippen LogP contribution in [0.2, 0.25) is 0 Å². The van der Waals surface area contributed by atoms with E-state index in [1.165, 1.54) is 17.0 Å². The first-order valence-electron chi connectivity index (χ1n) is 11.3. The zero-order chi connectivity index (χ0) is 25.9. The first kappa shape index (κ1) is 24.9. The Balaban J connectivity index is 1.61. The molecule has 36 heavy (non-hydrogen) atoms. The molecule has 3 aromatic rings. The minimum absolute atomic E-state index is 0.00663. The van der Waals surface area contributed by atoms with Gasteiger partial charge in [-0.3, -0.25) is 13.9 Å². The van der Waals surface area contributed by atoms with Gasteiger partial charge in [0.2, 0.25) is 0 Å². The average molecular weight is 507 g/mol. The van der Waals surface area contributed by atoms with Gasteiger partial charge in [-0.15, -0.1) is 0 Å². The van der Waals surface area contributed by atoms with E-state index in [-0.39, 0.29) is 16.5 Å². The molecule has 0 unspecified atom stereocenters. The number of ether oxygens (including phenoxy) is 1. The third kappa shape index (κ3) is 4.94. The van der Waals surface area contributed by atoms with Crippen molar-refractivity contribution in [1.82, 2.24) is 5.43 Å². The smallest absolute Gasteiger partial charge is 0.279 e. The molecule has 0 atom stereocenters. The van der Waals surface area contributed by atoms with E-state index in [0.29, 0.717) is 29.3 Å². The number of rotatable bonds is 8. The summed E-state index contributed by atoms with van der Waals surface area (Å²) in [5.41, 5.74) is 4.95. The lowest BCUT2D eigenvalue weighted by Gasteiger charge is -2.24. The molecule has 3 aromatic carbocycles. The first-order valence-corrected chi connectivity index (χ1v) is 12.7. The predicted octanol–water partition coefficient (Wildman–Crippen LogP) is 3.09. The molecule has 4 rings (SSSR count). The second kappa shape index (κ2) is 10.2. The van der Waals surface area contributed by atoms with Crippen molar-refractivity contribution >= 4 is 38.9 Å². The number of hydrazone groups is 1. The van der Waals surface area contributed by atoms with Gasteiger partial charge in [-0.2, -0.15) is 5.10 Å². The first-order chi connectivity index (χ1) is 17.2. The molecular formula is C26H26N4O5S. The number of nitrogens with one attached hydrogen (secondary N) is 1. The van der Waals surface area contributed by atoms with Crippen LogP contribution in [-0.4, -0.2) is 46.1 Å². The zero-order valence-corrected chi connectivity index (χ0v) is 21.0. The van der Waals surface area contributed by atoms with Crippen molar-refractivity contribution in [1.29, 1.82) is 0 Å². The van der Waals surface area contributed by atoms with Gasteiger partial charge in [0, 0.05) is 12.6 Å². The number of nitrogens with zero attached hydrogens (tertiary/aromatic N) is 3. The second-order valence-corrected chi connectivity index (χ2v) is 9.99. The summed E-state index contributed by atoms with van der Waals surface area (Å²) in [5.74, 6) is -0.523. The summed E-state index contributed by atoms with van der Waals surface area (Å²) in [6.07, 6.45) is 0. The Morgan fingerprint density at radius 3 is 2.36 bits per heavy atom. The summed E-state index contributed by atoms with van der Waals surface area (Å²) in [6, 6.07) is 19.9. The van der Waals surface area contributed by atoms with Crippen LogP contribution < -0.4 is 19.4 Å². The number of carbonyl (C=O) groups excluding carboxylic acids is 2. The van der Waals surface area contributed by atoms with Gasteiger partial charge in [0.25, 0.3) is 21.8 Å². The van der Waals surface area contributed by atoms with Gasteiger partial charge in [0.15, 0.2) is 5.71 Å². The number of hydrogen-bond donors (Lipinski definition) is 1. The molecule has 0 saturated carbocycles. The summed E-state index contributed by atoms with van der Waals surface area (Å²) in [5, 5.41) is 4.03. The molecule has 0 radical (unpaired) electrons. The number of anilines is 2. The van der Waals surface area contributed by atoms with Crippen LogP contribution in [0.5, 0.6) is 5.75 Å². The Morgan fingerprint density at radius 1 is 1.03 bits per heavy atom. The molecule has 2 amide bonds. The number of hydrogen-bond acceptors (Lipinski definition) is 6. The van der Waals surface area contributed by atoms with E-state index in [2.05, 4.69) is 10.5 Å². The topological polar surface area (TPSA) is 108 Å². The van der Waals surface area contributed by atoms with Crippen LogP contribution in [0.15, 0.2) is 82.8 Å². The molecule has 0 fully saturated rings. The van der Waals surface area contributed by atoms with Crippen LogP contribution in [0, 0.1) is 6.92 Å². The Bertz CT molecular complexity index is 1420. The van der Waals surface area contributed by atoms with Gasteiger partial charge >= 0.3 is 0 Å². The number of sulfonamides is 1. The van der Waals surface area contributed by atoms with Crippen LogP contribution in [0.25, 0.3) is 0 Å². The molecule has 186 valence electrons. The van der Waals surface area contributed by atoms with E-state index >= 15 is 0 Å². The summed E-state index contributed by atoms with van der Waals surface area (Å²) in [4.78, 5) is 26.9. The molecule has 1 N–H and O–H groups in total. The van der Waals surface area contributed by atoms with Crippen molar-refractivity contribution < 1.29 is 22.7 Å². The maximum Gasteiger partial charge on any atom is 0.279 e. The largest absolute Gasteiger partial charge is 0.494 e. The minimum atomic E-state index is -4.11. The van der Waals surface area contributed by atoms with Gasteiger partial charge in [-0.05, 0) is 56.3 Å².